The van der Waals surface area contributed by atoms with Crippen LogP contribution in [0.15, 0.2) is 59.6 Å². The molecule has 128 valence electrons. The van der Waals surface area contributed by atoms with Gasteiger partial charge in [0.15, 0.2) is 0 Å². The zero-order chi connectivity index (χ0) is 17.3. The van der Waals surface area contributed by atoms with Gasteiger partial charge in [-0.1, -0.05) is 54.1 Å². The smallest absolute Gasteiger partial charge is 0.272 e. The molecule has 0 bridgehead atoms. The third-order valence-corrected chi connectivity index (χ3v) is 5.19. The van der Waals surface area contributed by atoms with Crippen molar-refractivity contribution in [3.63, 3.8) is 0 Å². The Morgan fingerprint density at radius 1 is 1.04 bits per heavy atom. The van der Waals surface area contributed by atoms with Gasteiger partial charge in [-0.05, 0) is 17.7 Å². The van der Waals surface area contributed by atoms with E-state index >= 15 is 0 Å². The number of piperidine rings is 1. The van der Waals surface area contributed by atoms with Gasteiger partial charge in [0.2, 0.25) is 0 Å². The fourth-order valence-electron chi connectivity index (χ4n) is 3.52. The van der Waals surface area contributed by atoms with E-state index in [0.29, 0.717) is 5.71 Å². The Balaban J connectivity index is 1.43. The number of amides is 1. The number of likely N-dealkylation sites (tertiary alicyclic amines) is 1. The maximum Gasteiger partial charge on any atom is 0.272 e. The van der Waals surface area contributed by atoms with Gasteiger partial charge in [0.25, 0.3) is 5.91 Å². The van der Waals surface area contributed by atoms with Crippen LogP contribution in [0.3, 0.4) is 0 Å². The standard InChI is InChI=1S/C20H20ClN3O/c21-17-8-6-15(7-9-17)14-24-12-10-20(11-13-24)22-18(19(25)23-20)16-4-2-1-3-5-16/h1-9H,10-14H2,(H,23,25). The average Bonchev–Trinajstić information content (AvgIpc) is 2.96. The first kappa shape index (κ1) is 16.3. The predicted molar refractivity (Wildman–Crippen MR) is 99.8 cm³/mol. The number of carbonyl (C=O) groups excluding carboxylic acids is 1. The van der Waals surface area contributed by atoms with Gasteiger partial charge in [-0.3, -0.25) is 14.7 Å². The second-order valence-corrected chi connectivity index (χ2v) is 7.15. The lowest BCUT2D eigenvalue weighted by molar-refractivity contribution is -0.115. The molecule has 2 aromatic rings. The zero-order valence-electron chi connectivity index (χ0n) is 13.9. The number of aliphatic imine (C=N–C) groups is 1. The molecule has 0 atom stereocenters. The molecule has 0 saturated carbocycles. The Bertz CT molecular complexity index is 793. The molecule has 2 aliphatic rings. The Morgan fingerprint density at radius 2 is 1.72 bits per heavy atom. The molecule has 5 heteroatoms. The number of nitrogens with zero attached hydrogens (tertiary/aromatic N) is 2. The first-order valence-electron chi connectivity index (χ1n) is 8.58. The molecule has 0 aromatic heterocycles. The van der Waals surface area contributed by atoms with Crippen molar-refractivity contribution >= 4 is 23.2 Å². The number of hydrogen-bond donors (Lipinski definition) is 1. The third-order valence-electron chi connectivity index (χ3n) is 4.94. The summed E-state index contributed by atoms with van der Waals surface area (Å²) in [6.45, 7) is 2.72. The number of halogens is 1. The fourth-order valence-corrected chi connectivity index (χ4v) is 3.65. The first-order chi connectivity index (χ1) is 12.1. The maximum absolute atomic E-state index is 12.4. The second-order valence-electron chi connectivity index (χ2n) is 6.71. The van der Waals surface area contributed by atoms with Crippen molar-refractivity contribution in [3.05, 3.63) is 70.7 Å². The number of nitrogens with one attached hydrogen (secondary N) is 1. The maximum atomic E-state index is 12.4. The topological polar surface area (TPSA) is 44.7 Å². The molecule has 1 spiro atoms. The highest BCUT2D eigenvalue weighted by atomic mass is 35.5. The van der Waals surface area contributed by atoms with E-state index in [-0.39, 0.29) is 5.91 Å². The van der Waals surface area contributed by atoms with Crippen LogP contribution in [-0.4, -0.2) is 35.3 Å². The van der Waals surface area contributed by atoms with Gasteiger partial charge in [0.05, 0.1) is 0 Å². The van der Waals surface area contributed by atoms with Gasteiger partial charge in [-0.2, -0.15) is 0 Å². The van der Waals surface area contributed by atoms with Crippen LogP contribution < -0.4 is 5.32 Å². The van der Waals surface area contributed by atoms with E-state index in [1.807, 2.05) is 42.5 Å². The minimum Gasteiger partial charge on any atom is -0.326 e. The lowest BCUT2D eigenvalue weighted by Gasteiger charge is -2.37. The van der Waals surface area contributed by atoms with Crippen LogP contribution in [-0.2, 0) is 11.3 Å². The molecule has 0 unspecified atom stereocenters. The van der Waals surface area contributed by atoms with Crippen molar-refractivity contribution in [3.8, 4) is 0 Å². The molecule has 2 heterocycles. The zero-order valence-corrected chi connectivity index (χ0v) is 14.7. The first-order valence-corrected chi connectivity index (χ1v) is 8.96. The molecule has 4 rings (SSSR count). The summed E-state index contributed by atoms with van der Waals surface area (Å²) in [6, 6.07) is 17.7. The SMILES string of the molecule is O=C1NC2(CCN(Cc3ccc(Cl)cc3)CC2)N=C1c1ccccc1. The quantitative estimate of drug-likeness (QED) is 0.920. The van der Waals surface area contributed by atoms with Crippen molar-refractivity contribution in [1.82, 2.24) is 10.2 Å². The van der Waals surface area contributed by atoms with Crippen LogP contribution in [0.1, 0.15) is 24.0 Å². The Labute approximate surface area is 152 Å². The summed E-state index contributed by atoms with van der Waals surface area (Å²) < 4.78 is 0. The lowest BCUT2D eigenvalue weighted by atomic mass is 9.97. The largest absolute Gasteiger partial charge is 0.326 e. The van der Waals surface area contributed by atoms with E-state index in [1.54, 1.807) is 0 Å². The molecule has 0 radical (unpaired) electrons. The molecule has 2 aliphatic heterocycles. The minimum atomic E-state index is -0.432. The molecule has 1 fully saturated rings. The van der Waals surface area contributed by atoms with E-state index in [9.17, 15) is 4.79 Å². The van der Waals surface area contributed by atoms with Crippen LogP contribution in [0, 0.1) is 0 Å². The van der Waals surface area contributed by atoms with Crippen molar-refractivity contribution in [1.29, 1.82) is 0 Å². The lowest BCUT2D eigenvalue weighted by Crippen LogP contribution is -2.50. The van der Waals surface area contributed by atoms with Crippen LogP contribution in [0.5, 0.6) is 0 Å². The highest BCUT2D eigenvalue weighted by molar-refractivity contribution is 6.46. The van der Waals surface area contributed by atoms with E-state index in [1.165, 1.54) is 5.56 Å². The van der Waals surface area contributed by atoms with Gasteiger partial charge in [0.1, 0.15) is 11.4 Å². The molecule has 2 aromatic carbocycles. The third kappa shape index (κ3) is 3.46. The van der Waals surface area contributed by atoms with Crippen LogP contribution in [0.2, 0.25) is 5.02 Å². The van der Waals surface area contributed by atoms with Gasteiger partial charge in [0, 0.05) is 43.1 Å². The molecule has 25 heavy (non-hydrogen) atoms. The van der Waals surface area contributed by atoms with E-state index in [2.05, 4.69) is 22.3 Å². The highest BCUT2D eigenvalue weighted by Gasteiger charge is 2.41. The van der Waals surface area contributed by atoms with Crippen LogP contribution >= 0.6 is 11.6 Å². The fraction of sp³-hybridized carbons (Fsp3) is 0.300. The van der Waals surface area contributed by atoms with Crippen molar-refractivity contribution < 1.29 is 4.79 Å². The summed E-state index contributed by atoms with van der Waals surface area (Å²) in [5.41, 5.74) is 2.27. The summed E-state index contributed by atoms with van der Waals surface area (Å²) in [5.74, 6) is -0.0580. The molecule has 1 amide bonds. The Hall–Kier alpha value is -2.17. The summed E-state index contributed by atoms with van der Waals surface area (Å²) in [7, 11) is 0. The average molecular weight is 354 g/mol. The van der Waals surface area contributed by atoms with Gasteiger partial charge in [-0.25, -0.2) is 0 Å². The minimum absolute atomic E-state index is 0.0580. The van der Waals surface area contributed by atoms with Gasteiger partial charge >= 0.3 is 0 Å². The molecular weight excluding hydrogens is 334 g/mol. The normalized spacial score (nSPS) is 19.7. The number of benzene rings is 2. The second kappa shape index (κ2) is 6.62. The van der Waals surface area contributed by atoms with E-state index < -0.39 is 5.66 Å². The molecule has 4 nitrogen and oxygen atoms in total. The van der Waals surface area contributed by atoms with Crippen molar-refractivity contribution in [2.24, 2.45) is 4.99 Å². The Kier molecular flexibility index (Phi) is 4.32. The number of carbonyl (C=O) groups is 1. The van der Waals surface area contributed by atoms with Gasteiger partial charge in [-0.15, -0.1) is 0 Å². The molecular formula is C20H20ClN3O. The summed E-state index contributed by atoms with van der Waals surface area (Å²) in [4.78, 5) is 19.6. The molecule has 0 aliphatic carbocycles. The predicted octanol–water partition coefficient (Wildman–Crippen LogP) is 3.25. The van der Waals surface area contributed by atoms with Gasteiger partial charge < -0.3 is 5.32 Å². The summed E-state index contributed by atoms with van der Waals surface area (Å²) >= 11 is 5.95. The van der Waals surface area contributed by atoms with Crippen LogP contribution in [0.25, 0.3) is 0 Å². The van der Waals surface area contributed by atoms with Crippen molar-refractivity contribution in [2.75, 3.05) is 13.1 Å². The number of rotatable bonds is 3. The van der Waals surface area contributed by atoms with E-state index in [0.717, 1.165) is 43.1 Å². The van der Waals surface area contributed by atoms with Crippen molar-refractivity contribution in [2.45, 2.75) is 25.0 Å². The Morgan fingerprint density at radius 3 is 2.40 bits per heavy atom. The number of hydrogen-bond acceptors (Lipinski definition) is 3. The van der Waals surface area contributed by atoms with Crippen LogP contribution in [0.4, 0.5) is 0 Å². The summed E-state index contributed by atoms with van der Waals surface area (Å²) in [6.07, 6.45) is 1.67. The molecule has 1 N–H and O–H groups in total. The molecule has 1 saturated heterocycles. The highest BCUT2D eigenvalue weighted by Crippen LogP contribution is 2.29. The summed E-state index contributed by atoms with van der Waals surface area (Å²) in [5, 5.41) is 3.88. The monoisotopic (exact) mass is 353 g/mol. The van der Waals surface area contributed by atoms with E-state index in [4.69, 9.17) is 16.6 Å².